The standard InChI is InChI=1S/C15H17NO5S/c1-19-12-8-10(9-13(20-2)15(12)21-3)11-6-4-5-7-14(11)22(16,17)18/h4-9H,1-3H3,(H2,16,17,18). The third-order valence-electron chi connectivity index (χ3n) is 3.17. The molecule has 118 valence electrons. The Balaban J connectivity index is 2.74. The van der Waals surface area contributed by atoms with Crippen LogP contribution in [0, 0.1) is 0 Å². The molecular formula is C15H17NO5S. The van der Waals surface area contributed by atoms with Crippen molar-refractivity contribution in [2.45, 2.75) is 4.90 Å². The molecule has 6 nitrogen and oxygen atoms in total. The predicted octanol–water partition coefficient (Wildman–Crippen LogP) is 2.03. The second-order valence-electron chi connectivity index (χ2n) is 4.46. The average molecular weight is 323 g/mol. The van der Waals surface area contributed by atoms with E-state index < -0.39 is 10.0 Å². The van der Waals surface area contributed by atoms with Crippen molar-refractivity contribution in [1.29, 1.82) is 0 Å². The zero-order valence-corrected chi connectivity index (χ0v) is 13.3. The average Bonchev–Trinajstić information content (AvgIpc) is 2.52. The van der Waals surface area contributed by atoms with Gasteiger partial charge in [-0.25, -0.2) is 13.6 Å². The maximum atomic E-state index is 11.7. The quantitative estimate of drug-likeness (QED) is 0.909. The highest BCUT2D eigenvalue weighted by molar-refractivity contribution is 7.89. The van der Waals surface area contributed by atoms with Crippen LogP contribution in [0.2, 0.25) is 0 Å². The molecule has 0 bridgehead atoms. The van der Waals surface area contributed by atoms with Gasteiger partial charge in [-0.1, -0.05) is 18.2 Å². The van der Waals surface area contributed by atoms with Gasteiger partial charge in [-0.15, -0.1) is 0 Å². The second kappa shape index (κ2) is 6.25. The molecule has 0 fully saturated rings. The first kappa shape index (κ1) is 16.1. The van der Waals surface area contributed by atoms with Crippen LogP contribution in [0.3, 0.4) is 0 Å². The molecule has 22 heavy (non-hydrogen) atoms. The summed E-state index contributed by atoms with van der Waals surface area (Å²) in [6.07, 6.45) is 0. The number of benzene rings is 2. The van der Waals surface area contributed by atoms with E-state index in [-0.39, 0.29) is 4.90 Å². The number of ether oxygens (including phenoxy) is 3. The van der Waals surface area contributed by atoms with Gasteiger partial charge in [0.05, 0.1) is 26.2 Å². The third kappa shape index (κ3) is 3.00. The van der Waals surface area contributed by atoms with Gasteiger partial charge in [0, 0.05) is 5.56 Å². The van der Waals surface area contributed by atoms with Crippen LogP contribution in [0.5, 0.6) is 17.2 Å². The summed E-state index contributed by atoms with van der Waals surface area (Å²) >= 11 is 0. The van der Waals surface area contributed by atoms with Crippen LogP contribution < -0.4 is 19.3 Å². The van der Waals surface area contributed by atoms with Crippen molar-refractivity contribution in [2.24, 2.45) is 5.14 Å². The highest BCUT2D eigenvalue weighted by Gasteiger charge is 2.19. The molecule has 0 radical (unpaired) electrons. The van der Waals surface area contributed by atoms with E-state index in [1.54, 1.807) is 30.3 Å². The van der Waals surface area contributed by atoms with Gasteiger partial charge in [-0.2, -0.15) is 0 Å². The van der Waals surface area contributed by atoms with Gasteiger partial charge in [0.15, 0.2) is 11.5 Å². The Labute approximate surface area is 129 Å². The molecule has 0 aliphatic heterocycles. The first-order valence-electron chi connectivity index (χ1n) is 6.34. The van der Waals surface area contributed by atoms with E-state index in [2.05, 4.69) is 0 Å². The van der Waals surface area contributed by atoms with Crippen LogP contribution in [0.15, 0.2) is 41.3 Å². The second-order valence-corrected chi connectivity index (χ2v) is 5.99. The fourth-order valence-corrected chi connectivity index (χ4v) is 2.95. The Morgan fingerprint density at radius 1 is 0.909 bits per heavy atom. The Morgan fingerprint density at radius 3 is 1.91 bits per heavy atom. The molecule has 0 unspecified atom stereocenters. The van der Waals surface area contributed by atoms with Gasteiger partial charge in [0.2, 0.25) is 15.8 Å². The normalized spacial score (nSPS) is 11.1. The van der Waals surface area contributed by atoms with E-state index in [1.807, 2.05) is 0 Å². The summed E-state index contributed by atoms with van der Waals surface area (Å²) in [6.45, 7) is 0. The minimum Gasteiger partial charge on any atom is -0.493 e. The Hall–Kier alpha value is -2.25. The highest BCUT2D eigenvalue weighted by Crippen LogP contribution is 2.42. The molecule has 2 rings (SSSR count). The first-order valence-corrected chi connectivity index (χ1v) is 7.89. The van der Waals surface area contributed by atoms with Gasteiger partial charge >= 0.3 is 0 Å². The van der Waals surface area contributed by atoms with E-state index in [4.69, 9.17) is 19.3 Å². The Kier molecular flexibility index (Phi) is 4.58. The minimum atomic E-state index is -3.85. The minimum absolute atomic E-state index is 0.0317. The van der Waals surface area contributed by atoms with Crippen molar-refractivity contribution in [1.82, 2.24) is 0 Å². The van der Waals surface area contributed by atoms with Crippen molar-refractivity contribution < 1.29 is 22.6 Å². The van der Waals surface area contributed by atoms with Crippen LogP contribution >= 0.6 is 0 Å². The van der Waals surface area contributed by atoms with Crippen molar-refractivity contribution >= 4 is 10.0 Å². The van der Waals surface area contributed by atoms with Crippen molar-refractivity contribution in [3.05, 3.63) is 36.4 Å². The topological polar surface area (TPSA) is 87.9 Å². The summed E-state index contributed by atoms with van der Waals surface area (Å²) in [5.74, 6) is 1.30. The number of sulfonamides is 1. The molecule has 0 aromatic heterocycles. The van der Waals surface area contributed by atoms with E-state index in [9.17, 15) is 8.42 Å². The fraction of sp³-hybridized carbons (Fsp3) is 0.200. The number of hydrogen-bond acceptors (Lipinski definition) is 5. The lowest BCUT2D eigenvalue weighted by Gasteiger charge is -2.15. The van der Waals surface area contributed by atoms with Gasteiger partial charge in [-0.05, 0) is 23.8 Å². The number of methoxy groups -OCH3 is 3. The van der Waals surface area contributed by atoms with E-state index in [1.165, 1.54) is 27.4 Å². The van der Waals surface area contributed by atoms with Crippen molar-refractivity contribution in [3.63, 3.8) is 0 Å². The number of primary sulfonamides is 1. The Morgan fingerprint density at radius 2 is 1.45 bits per heavy atom. The van der Waals surface area contributed by atoms with Gasteiger partial charge in [-0.3, -0.25) is 0 Å². The number of hydrogen-bond donors (Lipinski definition) is 1. The largest absolute Gasteiger partial charge is 0.493 e. The molecule has 0 atom stereocenters. The summed E-state index contributed by atoms with van der Waals surface area (Å²) in [7, 11) is 0.634. The van der Waals surface area contributed by atoms with E-state index in [0.29, 0.717) is 28.4 Å². The monoisotopic (exact) mass is 323 g/mol. The van der Waals surface area contributed by atoms with E-state index >= 15 is 0 Å². The van der Waals surface area contributed by atoms with Crippen molar-refractivity contribution in [2.75, 3.05) is 21.3 Å². The molecule has 0 aliphatic carbocycles. The lowest BCUT2D eigenvalue weighted by atomic mass is 10.0. The summed E-state index contributed by atoms with van der Waals surface area (Å²) in [6, 6.07) is 9.81. The third-order valence-corrected chi connectivity index (χ3v) is 4.14. The summed E-state index contributed by atoms with van der Waals surface area (Å²) in [4.78, 5) is 0.0317. The molecule has 0 heterocycles. The number of nitrogens with two attached hydrogens (primary N) is 1. The smallest absolute Gasteiger partial charge is 0.238 e. The van der Waals surface area contributed by atoms with Gasteiger partial charge in [0.1, 0.15) is 0 Å². The maximum absolute atomic E-state index is 11.7. The zero-order valence-electron chi connectivity index (χ0n) is 12.5. The van der Waals surface area contributed by atoms with Crippen LogP contribution in [0.25, 0.3) is 11.1 Å². The molecule has 0 saturated heterocycles. The van der Waals surface area contributed by atoms with Gasteiger partial charge < -0.3 is 14.2 Å². The summed E-state index contributed by atoms with van der Waals surface area (Å²) < 4.78 is 39.3. The van der Waals surface area contributed by atoms with Crippen molar-refractivity contribution in [3.8, 4) is 28.4 Å². The molecule has 2 aromatic rings. The molecule has 2 N–H and O–H groups in total. The Bertz CT molecular complexity index is 761. The molecular weight excluding hydrogens is 306 g/mol. The maximum Gasteiger partial charge on any atom is 0.238 e. The molecule has 2 aromatic carbocycles. The lowest BCUT2D eigenvalue weighted by Crippen LogP contribution is -2.13. The fourth-order valence-electron chi connectivity index (χ4n) is 2.19. The SMILES string of the molecule is COc1cc(-c2ccccc2S(N)(=O)=O)cc(OC)c1OC. The van der Waals surface area contributed by atoms with Crippen LogP contribution in [0.1, 0.15) is 0 Å². The summed E-state index contributed by atoms with van der Waals surface area (Å²) in [5.41, 5.74) is 1.06. The number of rotatable bonds is 5. The first-order chi connectivity index (χ1) is 10.4. The molecule has 7 heteroatoms. The zero-order chi connectivity index (χ0) is 16.3. The molecule has 0 spiro atoms. The van der Waals surface area contributed by atoms with E-state index in [0.717, 1.165) is 0 Å². The summed E-state index contributed by atoms with van der Waals surface area (Å²) in [5, 5.41) is 5.28. The van der Waals surface area contributed by atoms with Gasteiger partial charge in [0.25, 0.3) is 0 Å². The predicted molar refractivity (Wildman–Crippen MR) is 82.9 cm³/mol. The molecule has 0 aliphatic rings. The molecule has 0 amide bonds. The van der Waals surface area contributed by atoms with Crippen LogP contribution in [-0.2, 0) is 10.0 Å². The van der Waals surface area contributed by atoms with Crippen LogP contribution in [0.4, 0.5) is 0 Å². The molecule has 0 saturated carbocycles. The van der Waals surface area contributed by atoms with Crippen LogP contribution in [-0.4, -0.2) is 29.7 Å². The lowest BCUT2D eigenvalue weighted by molar-refractivity contribution is 0.324. The highest BCUT2D eigenvalue weighted by atomic mass is 32.2.